The number of benzene rings is 2. The smallest absolute Gasteiger partial charge is 0.246 e. The van der Waals surface area contributed by atoms with Gasteiger partial charge >= 0.3 is 0 Å². The molecule has 2 aliphatic rings. The first-order chi connectivity index (χ1) is 17.5. The zero-order valence-electron chi connectivity index (χ0n) is 21.6. The van der Waals surface area contributed by atoms with Crippen LogP contribution in [0.2, 0.25) is 0 Å². The van der Waals surface area contributed by atoms with Gasteiger partial charge in [0.25, 0.3) is 0 Å². The van der Waals surface area contributed by atoms with Gasteiger partial charge in [0, 0.05) is 42.8 Å². The van der Waals surface area contributed by atoms with E-state index in [2.05, 4.69) is 62.2 Å². The van der Waals surface area contributed by atoms with Crippen molar-refractivity contribution in [2.24, 2.45) is 0 Å². The normalized spacial score (nSPS) is 19.8. The van der Waals surface area contributed by atoms with Gasteiger partial charge in [-0.2, -0.15) is 0 Å². The summed E-state index contributed by atoms with van der Waals surface area (Å²) in [5, 5.41) is 1.14. The van der Waals surface area contributed by atoms with Crippen LogP contribution in [0.4, 0.5) is 0 Å². The third-order valence-electron chi connectivity index (χ3n) is 7.62. The number of H-pyrrole nitrogens is 1. The number of fused-ring (bicyclic) bond motifs is 4. The Hall–Kier alpha value is -3.12. The van der Waals surface area contributed by atoms with Crippen molar-refractivity contribution in [2.75, 3.05) is 26.3 Å². The third-order valence-corrected chi connectivity index (χ3v) is 7.62. The minimum atomic E-state index is -0.492. The Morgan fingerprint density at radius 1 is 1.03 bits per heavy atom. The fourth-order valence-corrected chi connectivity index (χ4v) is 5.63. The summed E-state index contributed by atoms with van der Waals surface area (Å²) in [6.45, 7) is 8.54. The van der Waals surface area contributed by atoms with E-state index in [-0.39, 0.29) is 24.4 Å². The first-order valence-electron chi connectivity index (χ1n) is 13.4. The number of carbonyl (C=O) groups excluding carboxylic acids is 2. The highest BCUT2D eigenvalue weighted by atomic mass is 16.5. The van der Waals surface area contributed by atoms with Crippen LogP contribution < -0.4 is 0 Å². The topological polar surface area (TPSA) is 65.6 Å². The summed E-state index contributed by atoms with van der Waals surface area (Å²) in [6.07, 6.45) is 3.43. The Morgan fingerprint density at radius 2 is 1.78 bits per heavy atom. The average molecular weight is 488 g/mol. The second kappa shape index (κ2) is 10.5. The highest BCUT2D eigenvalue weighted by molar-refractivity contribution is 5.97. The van der Waals surface area contributed by atoms with Crippen LogP contribution in [0.1, 0.15) is 74.4 Å². The molecule has 0 saturated carbocycles. The summed E-state index contributed by atoms with van der Waals surface area (Å²) in [5.74, 6) is 0.483. The summed E-state index contributed by atoms with van der Waals surface area (Å²) in [4.78, 5) is 34.6. The van der Waals surface area contributed by atoms with Crippen molar-refractivity contribution >= 4 is 22.7 Å². The largest absolute Gasteiger partial charge is 0.381 e. The number of rotatable bonds is 9. The standard InChI is InChI=1S/C30H37N3O3/c1-4-5-16-36-17-8-15-32-19-27(34)33-26(30(32)35)18-24-23-9-6-7-10-25(23)31-28(24)29(33)22-13-11-21(12-14-22)20(2)3/h6-7,9-14,20,26,29,31H,4-5,8,15-19H2,1-3H3/t26-,29-/m0/s1. The molecule has 0 bridgehead atoms. The first kappa shape index (κ1) is 24.6. The van der Waals surface area contributed by atoms with Gasteiger partial charge in [0.1, 0.15) is 6.04 Å². The SMILES string of the molecule is CCCCOCCCN1CC(=O)N2[C@@H](c3ccc(C(C)C)cc3)c3[nH]c4ccccc4c3C[C@H]2C1=O. The molecule has 1 aromatic heterocycles. The highest BCUT2D eigenvalue weighted by Crippen LogP contribution is 2.42. The van der Waals surface area contributed by atoms with Crippen molar-refractivity contribution in [3.8, 4) is 0 Å². The maximum atomic E-state index is 13.7. The summed E-state index contributed by atoms with van der Waals surface area (Å²) in [7, 11) is 0. The van der Waals surface area contributed by atoms with E-state index in [1.54, 1.807) is 4.90 Å². The molecule has 3 heterocycles. The molecule has 5 rings (SSSR count). The number of carbonyl (C=O) groups is 2. The monoisotopic (exact) mass is 487 g/mol. The molecule has 0 spiro atoms. The molecular formula is C30H37N3O3. The fraction of sp³-hybridized carbons (Fsp3) is 0.467. The molecule has 2 aromatic carbocycles. The molecule has 3 aromatic rings. The molecule has 1 fully saturated rings. The van der Waals surface area contributed by atoms with Crippen molar-refractivity contribution in [3.63, 3.8) is 0 Å². The number of nitrogens with one attached hydrogen (secondary N) is 1. The summed E-state index contributed by atoms with van der Waals surface area (Å²) < 4.78 is 5.68. The molecule has 0 unspecified atom stereocenters. The van der Waals surface area contributed by atoms with Crippen molar-refractivity contribution in [3.05, 3.63) is 70.9 Å². The predicted octanol–water partition coefficient (Wildman–Crippen LogP) is 5.18. The molecular weight excluding hydrogens is 450 g/mol. The van der Waals surface area contributed by atoms with E-state index in [0.717, 1.165) is 53.6 Å². The van der Waals surface area contributed by atoms with Gasteiger partial charge in [-0.15, -0.1) is 0 Å². The zero-order valence-corrected chi connectivity index (χ0v) is 21.6. The van der Waals surface area contributed by atoms with E-state index in [1.165, 1.54) is 5.56 Å². The van der Waals surface area contributed by atoms with Crippen molar-refractivity contribution < 1.29 is 14.3 Å². The fourth-order valence-electron chi connectivity index (χ4n) is 5.63. The number of aromatic nitrogens is 1. The number of aromatic amines is 1. The van der Waals surface area contributed by atoms with Crippen LogP contribution in [0.5, 0.6) is 0 Å². The second-order valence-electron chi connectivity index (χ2n) is 10.4. The van der Waals surface area contributed by atoms with Crippen LogP contribution in [-0.4, -0.2) is 58.9 Å². The number of unbranched alkanes of at least 4 members (excludes halogenated alkanes) is 1. The van der Waals surface area contributed by atoms with Gasteiger partial charge < -0.3 is 19.5 Å². The summed E-state index contributed by atoms with van der Waals surface area (Å²) >= 11 is 0. The van der Waals surface area contributed by atoms with E-state index in [0.29, 0.717) is 25.5 Å². The molecule has 0 aliphatic carbocycles. The Bertz CT molecular complexity index is 1230. The maximum absolute atomic E-state index is 13.7. The lowest BCUT2D eigenvalue weighted by Crippen LogP contribution is -2.63. The minimum Gasteiger partial charge on any atom is -0.381 e. The number of para-hydroxylation sites is 1. The number of amides is 2. The Labute approximate surface area is 213 Å². The van der Waals surface area contributed by atoms with E-state index in [1.807, 2.05) is 17.0 Å². The van der Waals surface area contributed by atoms with Gasteiger partial charge in [-0.3, -0.25) is 9.59 Å². The molecule has 2 aliphatic heterocycles. The van der Waals surface area contributed by atoms with Gasteiger partial charge in [-0.25, -0.2) is 0 Å². The van der Waals surface area contributed by atoms with Gasteiger partial charge in [0.15, 0.2) is 0 Å². The van der Waals surface area contributed by atoms with Gasteiger partial charge in [0.2, 0.25) is 11.8 Å². The van der Waals surface area contributed by atoms with Gasteiger partial charge in [-0.05, 0) is 41.5 Å². The van der Waals surface area contributed by atoms with Crippen LogP contribution in [0, 0.1) is 0 Å². The van der Waals surface area contributed by atoms with E-state index in [9.17, 15) is 9.59 Å². The van der Waals surface area contributed by atoms with Gasteiger partial charge in [0.05, 0.1) is 12.6 Å². The molecule has 2 atom stereocenters. The lowest BCUT2D eigenvalue weighted by molar-refractivity contribution is -0.158. The van der Waals surface area contributed by atoms with Crippen molar-refractivity contribution in [2.45, 2.75) is 64.5 Å². The molecule has 190 valence electrons. The Morgan fingerprint density at radius 3 is 2.53 bits per heavy atom. The zero-order chi connectivity index (χ0) is 25.2. The molecule has 36 heavy (non-hydrogen) atoms. The number of hydrogen-bond donors (Lipinski definition) is 1. The predicted molar refractivity (Wildman–Crippen MR) is 142 cm³/mol. The number of hydrogen-bond acceptors (Lipinski definition) is 3. The summed E-state index contributed by atoms with van der Waals surface area (Å²) in [5.41, 5.74) is 5.53. The van der Waals surface area contributed by atoms with Crippen LogP contribution in [-0.2, 0) is 20.7 Å². The quantitative estimate of drug-likeness (QED) is 0.423. The number of piperazine rings is 1. The van der Waals surface area contributed by atoms with Crippen molar-refractivity contribution in [1.29, 1.82) is 0 Å². The number of ether oxygens (including phenoxy) is 1. The van der Waals surface area contributed by atoms with Crippen LogP contribution in [0.3, 0.4) is 0 Å². The van der Waals surface area contributed by atoms with Crippen LogP contribution >= 0.6 is 0 Å². The summed E-state index contributed by atoms with van der Waals surface area (Å²) in [6, 6.07) is 16.0. The average Bonchev–Trinajstić information content (AvgIpc) is 3.26. The molecule has 0 radical (unpaired) electrons. The Balaban J connectivity index is 1.46. The maximum Gasteiger partial charge on any atom is 0.246 e. The van der Waals surface area contributed by atoms with Crippen molar-refractivity contribution in [1.82, 2.24) is 14.8 Å². The lowest BCUT2D eigenvalue weighted by Gasteiger charge is -2.47. The van der Waals surface area contributed by atoms with E-state index < -0.39 is 6.04 Å². The molecule has 2 amide bonds. The Kier molecular flexibility index (Phi) is 7.15. The molecule has 6 heteroatoms. The number of nitrogens with zero attached hydrogens (tertiary/aromatic N) is 2. The molecule has 6 nitrogen and oxygen atoms in total. The third kappa shape index (κ3) is 4.55. The van der Waals surface area contributed by atoms with Gasteiger partial charge in [-0.1, -0.05) is 69.7 Å². The van der Waals surface area contributed by atoms with E-state index >= 15 is 0 Å². The lowest BCUT2D eigenvalue weighted by atomic mass is 9.85. The highest BCUT2D eigenvalue weighted by Gasteiger charge is 2.48. The van der Waals surface area contributed by atoms with Crippen LogP contribution in [0.15, 0.2) is 48.5 Å². The molecule has 1 N–H and O–H groups in total. The first-order valence-corrected chi connectivity index (χ1v) is 13.4. The minimum absolute atomic E-state index is 0.00810. The van der Waals surface area contributed by atoms with E-state index in [4.69, 9.17) is 4.74 Å². The second-order valence-corrected chi connectivity index (χ2v) is 10.4. The molecule has 1 saturated heterocycles. The van der Waals surface area contributed by atoms with Crippen LogP contribution in [0.25, 0.3) is 10.9 Å².